The normalized spacial score (nSPS) is 11.0. The first-order valence-corrected chi connectivity index (χ1v) is 6.12. The van der Waals surface area contributed by atoms with E-state index in [0.717, 1.165) is 0 Å². The summed E-state index contributed by atoms with van der Waals surface area (Å²) >= 11 is 0. The number of oxazole rings is 1. The second-order valence-electron chi connectivity index (χ2n) is 4.61. The maximum absolute atomic E-state index is 13.0. The van der Waals surface area contributed by atoms with E-state index in [2.05, 4.69) is 0 Å². The molecule has 0 aliphatic heterocycles. The smallest absolute Gasteiger partial charge is 0.341 e. The number of carboxylic acid groups (broad SMARTS) is 1. The van der Waals surface area contributed by atoms with Gasteiger partial charge < -0.3 is 9.52 Å². The van der Waals surface area contributed by atoms with Crippen LogP contribution in [0.25, 0.3) is 16.8 Å². The number of aryl methyl sites for hydroxylation is 1. The molecule has 0 atom stereocenters. The first-order valence-electron chi connectivity index (χ1n) is 6.12. The summed E-state index contributed by atoms with van der Waals surface area (Å²) in [6.07, 6.45) is 2.79. The summed E-state index contributed by atoms with van der Waals surface area (Å²) in [5.74, 6) is -1.24. The molecule has 0 fully saturated rings. The molecule has 0 aliphatic rings. The third-order valence-corrected chi connectivity index (χ3v) is 3.13. The molecular weight excluding hydrogens is 277 g/mol. The van der Waals surface area contributed by atoms with Crippen LogP contribution >= 0.6 is 0 Å². The zero-order valence-corrected chi connectivity index (χ0v) is 11.0. The van der Waals surface area contributed by atoms with Crippen molar-refractivity contribution in [3.8, 4) is 11.1 Å². The summed E-state index contributed by atoms with van der Waals surface area (Å²) in [7, 11) is 0. The zero-order chi connectivity index (χ0) is 15.1. The highest BCUT2D eigenvalue weighted by atomic mass is 19.1. The van der Waals surface area contributed by atoms with Crippen molar-refractivity contribution in [1.29, 1.82) is 0 Å². The van der Waals surface area contributed by atoms with Crippen molar-refractivity contribution in [2.75, 3.05) is 0 Å². The van der Waals surface area contributed by atoms with E-state index in [9.17, 15) is 14.0 Å². The van der Waals surface area contributed by atoms with Crippen LogP contribution in [-0.4, -0.2) is 15.5 Å². The Bertz CT molecular complexity index is 906. The predicted octanol–water partition coefficient (Wildman–Crippen LogP) is 2.71. The summed E-state index contributed by atoms with van der Waals surface area (Å²) < 4.78 is 19.9. The van der Waals surface area contributed by atoms with Gasteiger partial charge in [0.15, 0.2) is 0 Å². The van der Waals surface area contributed by atoms with Crippen molar-refractivity contribution >= 4 is 11.7 Å². The summed E-state index contributed by atoms with van der Waals surface area (Å²) in [6.45, 7) is 1.69. The van der Waals surface area contributed by atoms with Crippen molar-refractivity contribution in [3.05, 3.63) is 64.0 Å². The second-order valence-corrected chi connectivity index (χ2v) is 4.61. The van der Waals surface area contributed by atoms with Gasteiger partial charge in [-0.15, -0.1) is 0 Å². The van der Waals surface area contributed by atoms with Gasteiger partial charge in [0, 0.05) is 6.20 Å². The number of aromatic carboxylic acids is 1. The van der Waals surface area contributed by atoms with E-state index in [1.165, 1.54) is 34.9 Å². The van der Waals surface area contributed by atoms with Gasteiger partial charge in [-0.05, 0) is 24.6 Å². The van der Waals surface area contributed by atoms with Crippen LogP contribution in [0.15, 0.2) is 45.9 Å². The lowest BCUT2D eigenvalue weighted by molar-refractivity contribution is 0.0695. The molecule has 1 N–H and O–H groups in total. The molecule has 0 amide bonds. The fourth-order valence-electron chi connectivity index (χ4n) is 2.22. The van der Waals surface area contributed by atoms with Gasteiger partial charge >= 0.3 is 5.97 Å². The van der Waals surface area contributed by atoms with Crippen LogP contribution < -0.4 is 5.43 Å². The first-order chi connectivity index (χ1) is 9.97. The lowest BCUT2D eigenvalue weighted by atomic mass is 10.0. The summed E-state index contributed by atoms with van der Waals surface area (Å²) in [6, 6.07) is 5.23. The van der Waals surface area contributed by atoms with Gasteiger partial charge in [-0.3, -0.25) is 9.20 Å². The van der Waals surface area contributed by atoms with Crippen molar-refractivity contribution in [2.24, 2.45) is 0 Å². The minimum absolute atomic E-state index is 0.100. The zero-order valence-electron chi connectivity index (χ0n) is 11.0. The number of pyridine rings is 1. The number of halogens is 1. The van der Waals surface area contributed by atoms with Crippen molar-refractivity contribution in [1.82, 2.24) is 4.40 Å². The van der Waals surface area contributed by atoms with E-state index in [1.54, 1.807) is 13.1 Å². The van der Waals surface area contributed by atoms with Crippen LogP contribution in [0.1, 0.15) is 16.1 Å². The third-order valence-electron chi connectivity index (χ3n) is 3.13. The summed E-state index contributed by atoms with van der Waals surface area (Å²) in [5, 5.41) is 9.14. The quantitative estimate of drug-likeness (QED) is 0.786. The van der Waals surface area contributed by atoms with Gasteiger partial charge in [0.05, 0.1) is 11.8 Å². The Kier molecular flexibility index (Phi) is 2.86. The van der Waals surface area contributed by atoms with Gasteiger partial charge in [-0.2, -0.15) is 0 Å². The monoisotopic (exact) mass is 287 g/mol. The van der Waals surface area contributed by atoms with Crippen LogP contribution in [0.4, 0.5) is 4.39 Å². The highest BCUT2D eigenvalue weighted by Gasteiger charge is 2.20. The predicted molar refractivity (Wildman–Crippen MR) is 73.0 cm³/mol. The fraction of sp³-hybridized carbons (Fsp3) is 0.0667. The number of carbonyl (C=O) groups is 1. The molecule has 1 aromatic carbocycles. The minimum atomic E-state index is -1.32. The average Bonchev–Trinajstić information content (AvgIpc) is 2.79. The van der Waals surface area contributed by atoms with Gasteiger partial charge in [0.1, 0.15) is 17.1 Å². The van der Waals surface area contributed by atoms with Gasteiger partial charge in [0.25, 0.3) is 0 Å². The van der Waals surface area contributed by atoms with Crippen LogP contribution in [-0.2, 0) is 0 Å². The van der Waals surface area contributed by atoms with Gasteiger partial charge in [-0.25, -0.2) is 9.18 Å². The molecule has 0 aliphatic carbocycles. The van der Waals surface area contributed by atoms with E-state index >= 15 is 0 Å². The standard InChI is InChI=1S/C15H10FNO4/c1-8-6-17-7-11(15(19)20)13(18)12(14(17)21-8)9-2-4-10(16)5-3-9/h2-7H,1H3,(H,19,20). The maximum atomic E-state index is 13.0. The van der Waals surface area contributed by atoms with E-state index in [0.29, 0.717) is 11.3 Å². The molecule has 0 saturated heterocycles. The molecule has 2 heterocycles. The molecule has 0 bridgehead atoms. The SMILES string of the molecule is Cc1cn2cc(C(=O)O)c(=O)c(-c3ccc(F)cc3)c2o1. The minimum Gasteiger partial charge on any atom is -0.477 e. The molecule has 106 valence electrons. The van der Waals surface area contributed by atoms with Crippen LogP contribution in [0, 0.1) is 12.7 Å². The van der Waals surface area contributed by atoms with E-state index < -0.39 is 17.2 Å². The Morgan fingerprint density at radius 3 is 2.52 bits per heavy atom. The largest absolute Gasteiger partial charge is 0.477 e. The van der Waals surface area contributed by atoms with Crippen molar-refractivity contribution in [3.63, 3.8) is 0 Å². The highest BCUT2D eigenvalue weighted by Crippen LogP contribution is 2.24. The maximum Gasteiger partial charge on any atom is 0.341 e. The molecule has 0 saturated carbocycles. The number of aromatic nitrogens is 1. The van der Waals surface area contributed by atoms with E-state index in [-0.39, 0.29) is 16.8 Å². The van der Waals surface area contributed by atoms with Crippen molar-refractivity contribution in [2.45, 2.75) is 6.92 Å². The lowest BCUT2D eigenvalue weighted by Gasteiger charge is -2.04. The van der Waals surface area contributed by atoms with Crippen LogP contribution in [0.2, 0.25) is 0 Å². The van der Waals surface area contributed by atoms with Crippen LogP contribution in [0.5, 0.6) is 0 Å². The van der Waals surface area contributed by atoms with Gasteiger partial charge in [-0.1, -0.05) is 12.1 Å². The molecular formula is C15H10FNO4. The number of hydrogen-bond donors (Lipinski definition) is 1. The van der Waals surface area contributed by atoms with Gasteiger partial charge in [0.2, 0.25) is 11.1 Å². The Morgan fingerprint density at radius 1 is 1.24 bits per heavy atom. The Balaban J connectivity index is 2.43. The second kappa shape index (κ2) is 4.59. The number of rotatable bonds is 2. The summed E-state index contributed by atoms with van der Waals surface area (Å²) in [5.41, 5.74) is -0.301. The summed E-state index contributed by atoms with van der Waals surface area (Å²) in [4.78, 5) is 23.6. The number of benzene rings is 1. The number of carboxylic acids is 1. The molecule has 0 spiro atoms. The number of fused-ring (bicyclic) bond motifs is 1. The Labute approximate surface area is 117 Å². The third kappa shape index (κ3) is 2.10. The van der Waals surface area contributed by atoms with E-state index in [1.807, 2.05) is 0 Å². The molecule has 3 aromatic rings. The Hall–Kier alpha value is -2.89. The number of nitrogens with zero attached hydrogens (tertiary/aromatic N) is 1. The average molecular weight is 287 g/mol. The molecule has 0 unspecified atom stereocenters. The molecule has 21 heavy (non-hydrogen) atoms. The number of hydrogen-bond acceptors (Lipinski definition) is 3. The van der Waals surface area contributed by atoms with E-state index in [4.69, 9.17) is 9.52 Å². The Morgan fingerprint density at radius 2 is 1.90 bits per heavy atom. The van der Waals surface area contributed by atoms with Crippen molar-refractivity contribution < 1.29 is 18.7 Å². The molecule has 5 nitrogen and oxygen atoms in total. The topological polar surface area (TPSA) is 71.9 Å². The molecule has 6 heteroatoms. The molecule has 0 radical (unpaired) electrons. The fourth-order valence-corrected chi connectivity index (χ4v) is 2.22. The molecule has 3 rings (SSSR count). The first kappa shape index (κ1) is 13.1. The molecule has 2 aromatic heterocycles. The highest BCUT2D eigenvalue weighted by molar-refractivity contribution is 5.91. The van der Waals surface area contributed by atoms with Crippen LogP contribution in [0.3, 0.4) is 0 Å². The lowest BCUT2D eigenvalue weighted by Crippen LogP contribution is -2.18.